The number of carbonyl (C=O) groups excluding carboxylic acids is 1. The molecule has 0 N–H and O–H groups in total. The first-order chi connectivity index (χ1) is 13.6. The number of hydrogen-bond acceptors (Lipinski definition) is 4. The van der Waals surface area contributed by atoms with Crippen molar-refractivity contribution in [3.63, 3.8) is 0 Å². The number of rotatable bonds is 8. The Kier molecular flexibility index (Phi) is 7.05. The molecule has 4 nitrogen and oxygen atoms in total. The average Bonchev–Trinajstić information content (AvgIpc) is 3.30. The zero-order chi connectivity index (χ0) is 21.4. The highest BCUT2D eigenvalue weighted by Gasteiger charge is 2.55. The van der Waals surface area contributed by atoms with Crippen molar-refractivity contribution in [1.82, 2.24) is 0 Å². The molecule has 8 atom stereocenters. The van der Waals surface area contributed by atoms with Crippen LogP contribution >= 0.6 is 0 Å². The first kappa shape index (κ1) is 23.1. The Hall–Kier alpha value is -0.610. The van der Waals surface area contributed by atoms with E-state index < -0.39 is 5.79 Å². The molecule has 0 aromatic heterocycles. The van der Waals surface area contributed by atoms with Gasteiger partial charge in [0.25, 0.3) is 0 Å². The zero-order valence-corrected chi connectivity index (χ0v) is 19.8. The molecule has 2 bridgehead atoms. The molecule has 0 amide bonds. The van der Waals surface area contributed by atoms with Gasteiger partial charge in [0.2, 0.25) is 0 Å². The Balaban J connectivity index is 1.51. The minimum absolute atomic E-state index is 0.000588. The van der Waals surface area contributed by atoms with E-state index in [-0.39, 0.29) is 18.0 Å². The van der Waals surface area contributed by atoms with Crippen LogP contribution in [0.2, 0.25) is 0 Å². The van der Waals surface area contributed by atoms with Crippen LogP contribution < -0.4 is 0 Å². The number of esters is 1. The molecule has 1 aliphatic heterocycles. The van der Waals surface area contributed by atoms with Crippen LogP contribution in [0.4, 0.5) is 0 Å². The van der Waals surface area contributed by atoms with E-state index in [2.05, 4.69) is 41.5 Å². The second-order valence-electron chi connectivity index (χ2n) is 11.4. The van der Waals surface area contributed by atoms with Gasteiger partial charge >= 0.3 is 5.97 Å². The highest BCUT2D eigenvalue weighted by atomic mass is 16.7. The van der Waals surface area contributed by atoms with Crippen molar-refractivity contribution in [3.05, 3.63) is 0 Å². The zero-order valence-electron chi connectivity index (χ0n) is 19.8. The fraction of sp³-hybridized carbons (Fsp3) is 0.960. The van der Waals surface area contributed by atoms with Crippen molar-refractivity contribution in [2.24, 2.45) is 40.9 Å². The molecular weight excluding hydrogens is 364 g/mol. The fourth-order valence-electron chi connectivity index (χ4n) is 6.78. The monoisotopic (exact) mass is 408 g/mol. The predicted octanol–water partition coefficient (Wildman–Crippen LogP) is 5.83. The van der Waals surface area contributed by atoms with Gasteiger partial charge in [-0.2, -0.15) is 0 Å². The minimum Gasteiger partial charge on any atom is -0.463 e. The third kappa shape index (κ3) is 5.18. The van der Waals surface area contributed by atoms with Gasteiger partial charge in [-0.1, -0.05) is 54.4 Å². The van der Waals surface area contributed by atoms with E-state index in [1.165, 1.54) is 19.3 Å². The molecule has 168 valence electrons. The van der Waals surface area contributed by atoms with Gasteiger partial charge in [0.05, 0.1) is 12.5 Å². The third-order valence-electron chi connectivity index (χ3n) is 7.83. The van der Waals surface area contributed by atoms with Gasteiger partial charge in [-0.15, -0.1) is 0 Å². The maximum Gasteiger partial charge on any atom is 0.309 e. The highest BCUT2D eigenvalue weighted by molar-refractivity contribution is 5.73. The lowest BCUT2D eigenvalue weighted by Crippen LogP contribution is -2.37. The Morgan fingerprint density at radius 3 is 2.55 bits per heavy atom. The SMILES string of the molecule is CCCC1(C)OCC(COC(=O)C2CC3CC2C(C)C3C(CC)CC(C)(C)C)O1. The molecule has 0 radical (unpaired) electrons. The van der Waals surface area contributed by atoms with Crippen LogP contribution in [0.1, 0.15) is 87.0 Å². The van der Waals surface area contributed by atoms with Gasteiger partial charge in [-0.25, -0.2) is 0 Å². The summed E-state index contributed by atoms with van der Waals surface area (Å²) in [6.45, 7) is 16.8. The van der Waals surface area contributed by atoms with E-state index in [0.29, 0.717) is 36.4 Å². The Morgan fingerprint density at radius 2 is 1.97 bits per heavy atom. The first-order valence-corrected chi connectivity index (χ1v) is 12.0. The molecule has 2 aliphatic carbocycles. The summed E-state index contributed by atoms with van der Waals surface area (Å²) in [6.07, 6.45) is 6.53. The van der Waals surface area contributed by atoms with E-state index in [4.69, 9.17) is 14.2 Å². The van der Waals surface area contributed by atoms with E-state index in [1.54, 1.807) is 0 Å². The van der Waals surface area contributed by atoms with Gasteiger partial charge < -0.3 is 14.2 Å². The molecule has 29 heavy (non-hydrogen) atoms. The van der Waals surface area contributed by atoms with E-state index in [1.807, 2.05) is 6.92 Å². The predicted molar refractivity (Wildman–Crippen MR) is 115 cm³/mol. The molecule has 0 aromatic rings. The van der Waals surface area contributed by atoms with Crippen LogP contribution in [0.25, 0.3) is 0 Å². The highest BCUT2D eigenvalue weighted by Crippen LogP contribution is 2.59. The normalized spacial score (nSPS) is 40.4. The summed E-state index contributed by atoms with van der Waals surface area (Å²) in [5.41, 5.74) is 0.371. The molecule has 3 rings (SSSR count). The van der Waals surface area contributed by atoms with Crippen LogP contribution in [0, 0.1) is 40.9 Å². The summed E-state index contributed by atoms with van der Waals surface area (Å²) in [5.74, 6) is 2.94. The van der Waals surface area contributed by atoms with Gasteiger partial charge in [-0.3, -0.25) is 4.79 Å². The van der Waals surface area contributed by atoms with Crippen LogP contribution in [-0.2, 0) is 19.0 Å². The summed E-state index contributed by atoms with van der Waals surface area (Å²) >= 11 is 0. The van der Waals surface area contributed by atoms with Crippen molar-refractivity contribution >= 4 is 5.97 Å². The van der Waals surface area contributed by atoms with Gasteiger partial charge in [-0.05, 0) is 61.2 Å². The average molecular weight is 409 g/mol. The smallest absolute Gasteiger partial charge is 0.309 e. The van der Waals surface area contributed by atoms with E-state index in [0.717, 1.165) is 31.1 Å². The molecule has 0 aromatic carbocycles. The maximum atomic E-state index is 12.9. The number of carbonyl (C=O) groups is 1. The Bertz CT molecular complexity index is 566. The molecule has 8 unspecified atom stereocenters. The summed E-state index contributed by atoms with van der Waals surface area (Å²) < 4.78 is 17.5. The van der Waals surface area contributed by atoms with Gasteiger partial charge in [0.1, 0.15) is 12.7 Å². The quantitative estimate of drug-likeness (QED) is 0.474. The van der Waals surface area contributed by atoms with Crippen molar-refractivity contribution in [3.8, 4) is 0 Å². The van der Waals surface area contributed by atoms with E-state index >= 15 is 0 Å². The second kappa shape index (κ2) is 8.86. The Labute approximate surface area is 178 Å². The fourth-order valence-corrected chi connectivity index (χ4v) is 6.78. The number of ether oxygens (including phenoxy) is 3. The molecule has 1 heterocycles. The lowest BCUT2D eigenvalue weighted by Gasteiger charge is -2.39. The maximum absolute atomic E-state index is 12.9. The molecule has 1 saturated heterocycles. The molecule has 3 aliphatic rings. The first-order valence-electron chi connectivity index (χ1n) is 12.0. The standard InChI is InChI=1S/C25H44O4/c1-8-10-25(7)28-15-19(29-25)14-27-23(26)21-12-18-11-20(21)16(3)22(18)17(9-2)13-24(4,5)6/h16-22H,8-15H2,1-7H3. The summed E-state index contributed by atoms with van der Waals surface area (Å²) in [7, 11) is 0. The molecular formula is C25H44O4. The molecule has 3 fully saturated rings. The van der Waals surface area contributed by atoms with Gasteiger partial charge in [0, 0.05) is 6.42 Å². The summed E-state index contributed by atoms with van der Waals surface area (Å²) in [5, 5.41) is 0. The van der Waals surface area contributed by atoms with Crippen LogP contribution in [0.3, 0.4) is 0 Å². The van der Waals surface area contributed by atoms with E-state index in [9.17, 15) is 4.79 Å². The van der Waals surface area contributed by atoms with Gasteiger partial charge in [0.15, 0.2) is 5.79 Å². The number of hydrogen-bond donors (Lipinski definition) is 0. The lowest BCUT2D eigenvalue weighted by atomic mass is 9.65. The molecule has 0 spiro atoms. The topological polar surface area (TPSA) is 44.8 Å². The summed E-state index contributed by atoms with van der Waals surface area (Å²) in [4.78, 5) is 12.9. The second-order valence-corrected chi connectivity index (χ2v) is 11.4. The van der Waals surface area contributed by atoms with Crippen molar-refractivity contribution in [2.45, 2.75) is 98.9 Å². The van der Waals surface area contributed by atoms with Crippen LogP contribution in [0.15, 0.2) is 0 Å². The number of fused-ring (bicyclic) bond motifs is 2. The Morgan fingerprint density at radius 1 is 1.24 bits per heavy atom. The van der Waals surface area contributed by atoms with Crippen molar-refractivity contribution < 1.29 is 19.0 Å². The summed E-state index contributed by atoms with van der Waals surface area (Å²) in [6, 6.07) is 0. The third-order valence-corrected chi connectivity index (χ3v) is 7.83. The minimum atomic E-state index is -0.512. The van der Waals surface area contributed by atoms with Crippen molar-refractivity contribution in [1.29, 1.82) is 0 Å². The van der Waals surface area contributed by atoms with Crippen LogP contribution in [-0.4, -0.2) is 31.1 Å². The largest absolute Gasteiger partial charge is 0.463 e. The molecule has 2 saturated carbocycles. The molecule has 4 heteroatoms. The van der Waals surface area contributed by atoms with Crippen molar-refractivity contribution in [2.75, 3.05) is 13.2 Å². The van der Waals surface area contributed by atoms with Crippen LogP contribution in [0.5, 0.6) is 0 Å². The lowest BCUT2D eigenvalue weighted by molar-refractivity contribution is -0.172.